The number of fused-ring (bicyclic) bond motifs is 2. The summed E-state index contributed by atoms with van der Waals surface area (Å²) in [6.45, 7) is 4.30. The van der Waals surface area contributed by atoms with Gasteiger partial charge in [-0.05, 0) is 37.1 Å². The van der Waals surface area contributed by atoms with Crippen LogP contribution in [-0.2, 0) is 0 Å². The fourth-order valence-electron chi connectivity index (χ4n) is 3.45. The van der Waals surface area contributed by atoms with Crippen LogP contribution >= 0.6 is 23.2 Å². The van der Waals surface area contributed by atoms with E-state index >= 15 is 0 Å². The van der Waals surface area contributed by atoms with Crippen molar-refractivity contribution in [3.8, 4) is 0 Å². The number of rotatable bonds is 7. The number of carbonyl (C=O) groups excluding carboxylic acids is 4. The molecular formula is C24H22Cl2N2O4. The van der Waals surface area contributed by atoms with Gasteiger partial charge in [-0.3, -0.25) is 29.0 Å². The van der Waals surface area contributed by atoms with Crippen LogP contribution in [0, 0.1) is 0 Å². The summed E-state index contributed by atoms with van der Waals surface area (Å²) in [6, 6.07) is 13.7. The van der Waals surface area contributed by atoms with E-state index in [1.807, 2.05) is 0 Å². The standard InChI is InChI=1S/C12H11Cl2NO2.C12H11NO2/c13-7-8(14)5-6-15-11(16)9-3-1-2-4-10(9)12(15)17;1-2-3-8-13-11(14)9-6-4-5-7-10(9)12(13)15/h1-4,8H,5-7H2;2,4-7H,1,3,8H2. The average Bonchev–Trinajstić information content (AvgIpc) is 3.21. The fraction of sp³-hybridized carbons (Fsp3) is 0.250. The number of imide groups is 2. The zero-order valence-electron chi connectivity index (χ0n) is 17.3. The van der Waals surface area contributed by atoms with Crippen molar-refractivity contribution in [1.29, 1.82) is 0 Å². The van der Waals surface area contributed by atoms with Crippen LogP contribution in [0.2, 0.25) is 0 Å². The molecule has 32 heavy (non-hydrogen) atoms. The molecule has 1 atom stereocenters. The van der Waals surface area contributed by atoms with E-state index in [-0.39, 0.29) is 29.0 Å². The Morgan fingerprint density at radius 2 is 1.12 bits per heavy atom. The molecule has 0 radical (unpaired) electrons. The molecular weight excluding hydrogens is 451 g/mol. The number of alkyl halides is 2. The maximum atomic E-state index is 11.9. The molecule has 2 heterocycles. The van der Waals surface area contributed by atoms with Crippen molar-refractivity contribution in [2.24, 2.45) is 0 Å². The van der Waals surface area contributed by atoms with Gasteiger partial charge >= 0.3 is 0 Å². The number of nitrogens with zero attached hydrogens (tertiary/aromatic N) is 2. The Morgan fingerprint density at radius 3 is 1.47 bits per heavy atom. The quantitative estimate of drug-likeness (QED) is 0.340. The molecule has 2 aliphatic rings. The highest BCUT2D eigenvalue weighted by Gasteiger charge is 2.35. The Bertz CT molecular complexity index is 999. The molecule has 1 unspecified atom stereocenters. The molecule has 4 amide bonds. The van der Waals surface area contributed by atoms with Gasteiger partial charge in [-0.1, -0.05) is 30.3 Å². The van der Waals surface area contributed by atoms with Gasteiger partial charge in [-0.15, -0.1) is 29.8 Å². The molecule has 0 aromatic heterocycles. The molecule has 0 bridgehead atoms. The number of hydrogen-bond acceptors (Lipinski definition) is 4. The van der Waals surface area contributed by atoms with Gasteiger partial charge in [-0.25, -0.2) is 0 Å². The maximum Gasteiger partial charge on any atom is 0.261 e. The molecule has 2 aromatic rings. The van der Waals surface area contributed by atoms with Gasteiger partial charge in [0.25, 0.3) is 23.6 Å². The normalized spacial score (nSPS) is 15.3. The highest BCUT2D eigenvalue weighted by atomic mass is 35.5. The van der Waals surface area contributed by atoms with Crippen LogP contribution < -0.4 is 0 Å². The lowest BCUT2D eigenvalue weighted by molar-refractivity contribution is 0.0639. The monoisotopic (exact) mass is 472 g/mol. The van der Waals surface area contributed by atoms with Gasteiger partial charge in [0, 0.05) is 24.3 Å². The summed E-state index contributed by atoms with van der Waals surface area (Å²) < 4.78 is 0. The Balaban J connectivity index is 0.000000182. The molecule has 2 aromatic carbocycles. The van der Waals surface area contributed by atoms with E-state index in [1.165, 1.54) is 9.80 Å². The van der Waals surface area contributed by atoms with E-state index in [2.05, 4.69) is 6.58 Å². The van der Waals surface area contributed by atoms with Gasteiger partial charge in [0.05, 0.1) is 22.3 Å². The van der Waals surface area contributed by atoms with Crippen molar-refractivity contribution in [3.05, 3.63) is 83.4 Å². The van der Waals surface area contributed by atoms with Crippen molar-refractivity contribution in [2.75, 3.05) is 19.0 Å². The third-order valence-corrected chi connectivity index (χ3v) is 6.05. The minimum Gasteiger partial charge on any atom is -0.274 e. The van der Waals surface area contributed by atoms with E-state index in [0.29, 0.717) is 54.1 Å². The van der Waals surface area contributed by atoms with Crippen molar-refractivity contribution >= 4 is 46.8 Å². The molecule has 4 rings (SSSR count). The highest BCUT2D eigenvalue weighted by molar-refractivity contribution is 6.28. The number of amides is 4. The van der Waals surface area contributed by atoms with Crippen LogP contribution in [0.1, 0.15) is 54.3 Å². The van der Waals surface area contributed by atoms with Crippen LogP contribution in [-0.4, -0.2) is 57.8 Å². The average molecular weight is 473 g/mol. The summed E-state index contributed by atoms with van der Waals surface area (Å²) in [4.78, 5) is 49.9. The number of benzene rings is 2. The molecule has 166 valence electrons. The van der Waals surface area contributed by atoms with Gasteiger partial charge in [0.15, 0.2) is 0 Å². The number of halogens is 2. The van der Waals surface area contributed by atoms with Crippen molar-refractivity contribution in [3.63, 3.8) is 0 Å². The van der Waals surface area contributed by atoms with Gasteiger partial charge in [0.1, 0.15) is 0 Å². The second-order valence-corrected chi connectivity index (χ2v) is 8.16. The Kier molecular flexibility index (Phi) is 7.83. The minimum absolute atomic E-state index is 0.197. The first kappa shape index (κ1) is 23.7. The fourth-order valence-corrected chi connectivity index (χ4v) is 3.70. The molecule has 2 aliphatic heterocycles. The Hall–Kier alpha value is -2.96. The van der Waals surface area contributed by atoms with E-state index in [0.717, 1.165) is 0 Å². The first-order valence-electron chi connectivity index (χ1n) is 10.1. The number of carbonyl (C=O) groups is 4. The predicted molar refractivity (Wildman–Crippen MR) is 123 cm³/mol. The Labute approximate surface area is 196 Å². The smallest absolute Gasteiger partial charge is 0.261 e. The van der Waals surface area contributed by atoms with Crippen LogP contribution in [0.25, 0.3) is 0 Å². The van der Waals surface area contributed by atoms with Crippen LogP contribution in [0.5, 0.6) is 0 Å². The summed E-state index contributed by atoms with van der Waals surface area (Å²) >= 11 is 11.4. The van der Waals surface area contributed by atoms with Crippen molar-refractivity contribution < 1.29 is 19.2 Å². The topological polar surface area (TPSA) is 74.8 Å². The first-order chi connectivity index (χ1) is 15.4. The summed E-state index contributed by atoms with van der Waals surface area (Å²) in [5.74, 6) is -0.576. The zero-order chi connectivity index (χ0) is 23.3. The lowest BCUT2D eigenvalue weighted by atomic mass is 10.1. The van der Waals surface area contributed by atoms with Crippen LogP contribution in [0.3, 0.4) is 0 Å². The third-order valence-electron chi connectivity index (χ3n) is 5.15. The van der Waals surface area contributed by atoms with Crippen LogP contribution in [0.4, 0.5) is 0 Å². The molecule has 0 spiro atoms. The second kappa shape index (κ2) is 10.6. The second-order valence-electron chi connectivity index (χ2n) is 7.23. The van der Waals surface area contributed by atoms with Crippen molar-refractivity contribution in [2.45, 2.75) is 18.2 Å². The molecule has 0 fully saturated rings. The summed E-state index contributed by atoms with van der Waals surface area (Å²) in [5.41, 5.74) is 1.95. The van der Waals surface area contributed by atoms with Crippen LogP contribution in [0.15, 0.2) is 61.2 Å². The molecule has 0 saturated carbocycles. The largest absolute Gasteiger partial charge is 0.274 e. The van der Waals surface area contributed by atoms with Gasteiger partial charge in [-0.2, -0.15) is 0 Å². The van der Waals surface area contributed by atoms with E-state index in [1.54, 1.807) is 54.6 Å². The van der Waals surface area contributed by atoms with Gasteiger partial charge in [0.2, 0.25) is 0 Å². The van der Waals surface area contributed by atoms with E-state index in [9.17, 15) is 19.2 Å². The van der Waals surface area contributed by atoms with Gasteiger partial charge < -0.3 is 0 Å². The molecule has 8 heteroatoms. The lowest BCUT2D eigenvalue weighted by Gasteiger charge is -2.14. The molecule has 0 N–H and O–H groups in total. The molecule has 0 aliphatic carbocycles. The minimum atomic E-state index is -0.246. The van der Waals surface area contributed by atoms with E-state index in [4.69, 9.17) is 23.2 Å². The molecule has 6 nitrogen and oxygen atoms in total. The predicted octanol–water partition coefficient (Wildman–Crippen LogP) is 4.38. The van der Waals surface area contributed by atoms with Crippen molar-refractivity contribution in [1.82, 2.24) is 9.80 Å². The first-order valence-corrected chi connectivity index (χ1v) is 11.1. The highest BCUT2D eigenvalue weighted by Crippen LogP contribution is 2.23. The Morgan fingerprint density at radius 1 is 0.750 bits per heavy atom. The summed E-state index contributed by atoms with van der Waals surface area (Å²) in [5, 5.41) is -0.221. The molecule has 0 saturated heterocycles. The van der Waals surface area contributed by atoms with E-state index < -0.39 is 0 Å². The summed E-state index contributed by atoms with van der Waals surface area (Å²) in [6.07, 6.45) is 2.84. The number of hydrogen-bond donors (Lipinski definition) is 0. The third kappa shape index (κ3) is 4.76. The zero-order valence-corrected chi connectivity index (χ0v) is 18.8. The maximum absolute atomic E-state index is 11.9. The lowest BCUT2D eigenvalue weighted by Crippen LogP contribution is -2.32. The SMILES string of the molecule is C=CCCN1C(=O)c2ccccc2C1=O.O=C1c2ccccc2C(=O)N1CCC(Cl)CCl. The summed E-state index contributed by atoms with van der Waals surface area (Å²) in [7, 11) is 0.